The van der Waals surface area contributed by atoms with E-state index in [9.17, 15) is 8.42 Å². The van der Waals surface area contributed by atoms with Gasteiger partial charge in [-0.05, 0) is 57.5 Å². The van der Waals surface area contributed by atoms with Gasteiger partial charge in [0.15, 0.2) is 5.76 Å². The zero-order chi connectivity index (χ0) is 20.4. The van der Waals surface area contributed by atoms with Gasteiger partial charge in [-0.15, -0.1) is 0 Å². The first-order chi connectivity index (χ1) is 13.9. The van der Waals surface area contributed by atoms with Crippen LogP contribution in [0.25, 0.3) is 0 Å². The molecule has 4 rings (SSSR count). The summed E-state index contributed by atoms with van der Waals surface area (Å²) in [5.74, 6) is 1.09. The minimum absolute atomic E-state index is 0.168. The molecule has 0 N–H and O–H groups in total. The maximum atomic E-state index is 13.3. The van der Waals surface area contributed by atoms with E-state index in [0.29, 0.717) is 24.6 Å². The van der Waals surface area contributed by atoms with Crippen LogP contribution in [0.4, 0.5) is 0 Å². The SMILES string of the molecule is Cc1noc(C)c1S(=O)(=O)N1CCOc2ccc(CN3CCCCCC3)cc2C1. The van der Waals surface area contributed by atoms with Crippen molar-refractivity contribution in [1.29, 1.82) is 0 Å². The molecule has 0 bridgehead atoms. The molecule has 0 unspecified atom stereocenters. The van der Waals surface area contributed by atoms with Gasteiger partial charge in [0, 0.05) is 25.2 Å². The van der Waals surface area contributed by atoms with Crippen molar-refractivity contribution in [3.63, 3.8) is 0 Å². The van der Waals surface area contributed by atoms with Gasteiger partial charge in [-0.3, -0.25) is 4.90 Å². The molecule has 3 heterocycles. The fraction of sp³-hybridized carbons (Fsp3) is 0.571. The molecule has 0 spiro atoms. The number of sulfonamides is 1. The normalized spacial score (nSPS) is 19.2. The van der Waals surface area contributed by atoms with E-state index in [2.05, 4.69) is 22.2 Å². The molecule has 1 saturated heterocycles. The number of hydrogen-bond donors (Lipinski definition) is 0. The van der Waals surface area contributed by atoms with Crippen molar-refractivity contribution in [3.8, 4) is 5.75 Å². The Morgan fingerprint density at radius 1 is 1.07 bits per heavy atom. The van der Waals surface area contributed by atoms with E-state index in [4.69, 9.17) is 9.26 Å². The van der Waals surface area contributed by atoms with Crippen molar-refractivity contribution < 1.29 is 17.7 Å². The average Bonchev–Trinajstić information content (AvgIpc) is 2.89. The topological polar surface area (TPSA) is 75.9 Å². The predicted octanol–water partition coefficient (Wildman–Crippen LogP) is 3.25. The van der Waals surface area contributed by atoms with Crippen LogP contribution in [0.15, 0.2) is 27.6 Å². The van der Waals surface area contributed by atoms with E-state index in [1.165, 1.54) is 35.6 Å². The summed E-state index contributed by atoms with van der Waals surface area (Å²) < 4.78 is 38.9. The second-order valence-electron chi connectivity index (χ2n) is 7.97. The van der Waals surface area contributed by atoms with Gasteiger partial charge in [-0.25, -0.2) is 8.42 Å². The molecular weight excluding hydrogens is 390 g/mol. The summed E-state index contributed by atoms with van der Waals surface area (Å²) >= 11 is 0. The molecule has 1 aromatic heterocycles. The smallest absolute Gasteiger partial charge is 0.248 e. The van der Waals surface area contributed by atoms with Crippen LogP contribution < -0.4 is 4.74 Å². The summed E-state index contributed by atoms with van der Waals surface area (Å²) in [5.41, 5.74) is 2.50. The number of likely N-dealkylation sites (tertiary alicyclic amines) is 1. The quantitative estimate of drug-likeness (QED) is 0.757. The number of hydrogen-bond acceptors (Lipinski definition) is 6. The maximum absolute atomic E-state index is 13.3. The van der Waals surface area contributed by atoms with Gasteiger partial charge >= 0.3 is 0 Å². The van der Waals surface area contributed by atoms with Crippen LogP contribution in [0.3, 0.4) is 0 Å². The lowest BCUT2D eigenvalue weighted by molar-refractivity contribution is 0.276. The highest BCUT2D eigenvalue weighted by molar-refractivity contribution is 7.89. The Morgan fingerprint density at radius 3 is 2.52 bits per heavy atom. The number of ether oxygens (including phenoxy) is 1. The van der Waals surface area contributed by atoms with Crippen molar-refractivity contribution in [3.05, 3.63) is 40.8 Å². The van der Waals surface area contributed by atoms with Crippen LogP contribution in [0.2, 0.25) is 0 Å². The van der Waals surface area contributed by atoms with Crippen LogP contribution in [0.1, 0.15) is 48.3 Å². The second-order valence-corrected chi connectivity index (χ2v) is 9.85. The molecule has 2 aliphatic heterocycles. The third kappa shape index (κ3) is 4.34. The first-order valence-electron chi connectivity index (χ1n) is 10.3. The zero-order valence-electron chi connectivity index (χ0n) is 17.2. The number of aryl methyl sites for hydroxylation is 2. The van der Waals surface area contributed by atoms with Gasteiger partial charge < -0.3 is 9.26 Å². The van der Waals surface area contributed by atoms with Crippen LogP contribution in [0.5, 0.6) is 5.75 Å². The summed E-state index contributed by atoms with van der Waals surface area (Å²) in [7, 11) is -3.70. The Kier molecular flexibility index (Phi) is 5.94. The Morgan fingerprint density at radius 2 is 1.83 bits per heavy atom. The molecule has 0 amide bonds. The fourth-order valence-electron chi connectivity index (χ4n) is 4.25. The minimum Gasteiger partial charge on any atom is -0.492 e. The second kappa shape index (κ2) is 8.45. The van der Waals surface area contributed by atoms with Crippen molar-refractivity contribution >= 4 is 10.0 Å². The van der Waals surface area contributed by atoms with E-state index >= 15 is 0 Å². The molecule has 0 aliphatic carbocycles. The van der Waals surface area contributed by atoms with Gasteiger partial charge in [0.1, 0.15) is 22.9 Å². The summed E-state index contributed by atoms with van der Waals surface area (Å²) in [6.07, 6.45) is 5.11. The minimum atomic E-state index is -3.70. The van der Waals surface area contributed by atoms with E-state index in [0.717, 1.165) is 30.9 Å². The molecule has 158 valence electrons. The van der Waals surface area contributed by atoms with Gasteiger partial charge in [0.25, 0.3) is 0 Å². The van der Waals surface area contributed by atoms with Gasteiger partial charge in [-0.2, -0.15) is 4.31 Å². The molecule has 29 heavy (non-hydrogen) atoms. The zero-order valence-corrected chi connectivity index (χ0v) is 18.0. The molecule has 8 heteroatoms. The largest absolute Gasteiger partial charge is 0.492 e. The number of rotatable bonds is 4. The van der Waals surface area contributed by atoms with Crippen molar-refractivity contribution in [2.45, 2.75) is 57.5 Å². The first kappa shape index (κ1) is 20.4. The molecule has 0 radical (unpaired) electrons. The third-order valence-electron chi connectivity index (χ3n) is 5.74. The van der Waals surface area contributed by atoms with Gasteiger partial charge in [0.2, 0.25) is 10.0 Å². The molecule has 0 saturated carbocycles. The van der Waals surface area contributed by atoms with Crippen molar-refractivity contribution in [2.75, 3.05) is 26.2 Å². The van der Waals surface area contributed by atoms with E-state index in [1.807, 2.05) is 6.07 Å². The highest BCUT2D eigenvalue weighted by Gasteiger charge is 2.33. The third-order valence-corrected chi connectivity index (χ3v) is 7.83. The predicted molar refractivity (Wildman–Crippen MR) is 109 cm³/mol. The van der Waals surface area contributed by atoms with Crippen LogP contribution in [-0.4, -0.2) is 49.0 Å². The van der Waals surface area contributed by atoms with E-state index < -0.39 is 10.0 Å². The molecule has 0 atom stereocenters. The maximum Gasteiger partial charge on any atom is 0.248 e. The highest BCUT2D eigenvalue weighted by Crippen LogP contribution is 2.30. The monoisotopic (exact) mass is 419 g/mol. The Hall–Kier alpha value is -1.90. The molecule has 1 aromatic carbocycles. The van der Waals surface area contributed by atoms with Crippen molar-refractivity contribution in [2.24, 2.45) is 0 Å². The summed E-state index contributed by atoms with van der Waals surface area (Å²) in [6, 6.07) is 6.18. The number of aromatic nitrogens is 1. The lowest BCUT2D eigenvalue weighted by atomic mass is 10.1. The summed E-state index contributed by atoms with van der Waals surface area (Å²) in [4.78, 5) is 2.66. The summed E-state index contributed by atoms with van der Waals surface area (Å²) in [6.45, 7) is 7.34. The Bertz CT molecular complexity index is 943. The Labute approximate surface area is 172 Å². The summed E-state index contributed by atoms with van der Waals surface area (Å²) in [5, 5.41) is 3.81. The molecular formula is C21H29N3O4S. The number of fused-ring (bicyclic) bond motifs is 1. The van der Waals surface area contributed by atoms with E-state index in [1.54, 1.807) is 13.8 Å². The fourth-order valence-corrected chi connectivity index (χ4v) is 5.94. The molecule has 7 nitrogen and oxygen atoms in total. The van der Waals surface area contributed by atoms with Crippen LogP contribution in [0, 0.1) is 13.8 Å². The average molecular weight is 420 g/mol. The van der Waals surface area contributed by atoms with Crippen LogP contribution >= 0.6 is 0 Å². The lowest BCUT2D eigenvalue weighted by Gasteiger charge is -2.21. The van der Waals surface area contributed by atoms with Crippen LogP contribution in [-0.2, 0) is 23.1 Å². The number of benzene rings is 1. The highest BCUT2D eigenvalue weighted by atomic mass is 32.2. The van der Waals surface area contributed by atoms with E-state index in [-0.39, 0.29) is 11.4 Å². The first-order valence-corrected chi connectivity index (χ1v) is 11.8. The molecule has 2 aliphatic rings. The lowest BCUT2D eigenvalue weighted by Crippen LogP contribution is -2.33. The molecule has 2 aromatic rings. The van der Waals surface area contributed by atoms with Crippen molar-refractivity contribution in [1.82, 2.24) is 14.4 Å². The van der Waals surface area contributed by atoms with Gasteiger partial charge in [0.05, 0.1) is 0 Å². The molecule has 1 fully saturated rings. The standard InChI is InChI=1S/C21H29N3O4S/c1-16-21(17(2)28-22-16)29(25,26)24-11-12-27-20-8-7-18(13-19(20)15-24)14-23-9-5-3-4-6-10-23/h7-8,13H,3-6,9-12,14-15H2,1-2H3. The van der Waals surface area contributed by atoms with Gasteiger partial charge in [-0.1, -0.05) is 24.1 Å². The number of nitrogens with zero attached hydrogens (tertiary/aromatic N) is 3. The Balaban J connectivity index is 1.57.